The lowest BCUT2D eigenvalue weighted by Gasteiger charge is -2.07. The lowest BCUT2D eigenvalue weighted by molar-refractivity contribution is -0.121. The Kier molecular flexibility index (Phi) is 4.40. The van der Waals surface area contributed by atoms with Crippen LogP contribution in [0.15, 0.2) is 28.0 Å². The first-order chi connectivity index (χ1) is 10.5. The Morgan fingerprint density at radius 3 is 2.77 bits per heavy atom. The van der Waals surface area contributed by atoms with E-state index in [4.69, 9.17) is 4.74 Å². The summed E-state index contributed by atoms with van der Waals surface area (Å²) in [7, 11) is 4.20. The van der Waals surface area contributed by atoms with E-state index in [1.807, 2.05) is 0 Å². The predicted octanol–water partition coefficient (Wildman–Crippen LogP) is 1.38. The van der Waals surface area contributed by atoms with Crippen molar-refractivity contribution in [2.24, 2.45) is 10.1 Å². The summed E-state index contributed by atoms with van der Waals surface area (Å²) in [4.78, 5) is 22.0. The maximum absolute atomic E-state index is 13.6. The van der Waals surface area contributed by atoms with Gasteiger partial charge in [-0.15, -0.1) is 0 Å². The first-order valence-corrected chi connectivity index (χ1v) is 6.19. The SMILES string of the molecule is CO/N=C/C1=NC(=C\c2cc(F)c(O)c(OC)c2)/C(=O)N1C. The average Bonchev–Trinajstić information content (AvgIpc) is 2.76. The minimum Gasteiger partial charge on any atom is -0.502 e. The number of hydrogen-bond acceptors (Lipinski definition) is 6. The van der Waals surface area contributed by atoms with Crippen LogP contribution in [0.25, 0.3) is 6.08 Å². The fourth-order valence-electron chi connectivity index (χ4n) is 1.82. The molecule has 1 N–H and O–H groups in total. The highest BCUT2D eigenvalue weighted by Crippen LogP contribution is 2.31. The van der Waals surface area contributed by atoms with Crippen LogP contribution < -0.4 is 4.74 Å². The van der Waals surface area contributed by atoms with Gasteiger partial charge in [0, 0.05) is 7.05 Å². The molecule has 0 radical (unpaired) electrons. The van der Waals surface area contributed by atoms with Gasteiger partial charge in [-0.2, -0.15) is 0 Å². The Labute approximate surface area is 126 Å². The van der Waals surface area contributed by atoms with Crippen molar-refractivity contribution < 1.29 is 23.9 Å². The number of aliphatic imine (C=N–C) groups is 1. The van der Waals surface area contributed by atoms with E-state index >= 15 is 0 Å². The average molecular weight is 307 g/mol. The van der Waals surface area contributed by atoms with Crippen molar-refractivity contribution in [2.45, 2.75) is 0 Å². The number of rotatable bonds is 4. The van der Waals surface area contributed by atoms with Crippen molar-refractivity contribution in [3.63, 3.8) is 0 Å². The Bertz CT molecular complexity index is 698. The third kappa shape index (κ3) is 2.90. The highest BCUT2D eigenvalue weighted by atomic mass is 19.1. The summed E-state index contributed by atoms with van der Waals surface area (Å²) < 4.78 is 18.5. The summed E-state index contributed by atoms with van der Waals surface area (Å²) in [5.41, 5.74) is 0.435. The van der Waals surface area contributed by atoms with Crippen LogP contribution in [0.5, 0.6) is 11.5 Å². The smallest absolute Gasteiger partial charge is 0.277 e. The number of carbonyl (C=O) groups excluding carboxylic acids is 1. The second-order valence-electron chi connectivity index (χ2n) is 4.33. The monoisotopic (exact) mass is 307 g/mol. The van der Waals surface area contributed by atoms with Crippen LogP contribution in [-0.2, 0) is 9.63 Å². The van der Waals surface area contributed by atoms with Gasteiger partial charge in [-0.25, -0.2) is 9.38 Å². The first-order valence-electron chi connectivity index (χ1n) is 6.19. The van der Waals surface area contributed by atoms with Crippen molar-refractivity contribution in [2.75, 3.05) is 21.3 Å². The van der Waals surface area contributed by atoms with Gasteiger partial charge in [0.25, 0.3) is 5.91 Å². The number of ether oxygens (including phenoxy) is 1. The van der Waals surface area contributed by atoms with E-state index in [0.717, 1.165) is 6.07 Å². The first kappa shape index (κ1) is 15.5. The Balaban J connectivity index is 2.41. The van der Waals surface area contributed by atoms with E-state index < -0.39 is 11.6 Å². The third-order valence-corrected chi connectivity index (χ3v) is 2.95. The molecular weight excluding hydrogens is 293 g/mol. The molecule has 0 fully saturated rings. The normalized spacial score (nSPS) is 16.5. The van der Waals surface area contributed by atoms with Crippen molar-refractivity contribution in [1.29, 1.82) is 0 Å². The molecule has 2 rings (SSSR count). The molecule has 8 heteroatoms. The van der Waals surface area contributed by atoms with Crippen LogP contribution in [0.1, 0.15) is 5.56 Å². The maximum atomic E-state index is 13.6. The molecule has 7 nitrogen and oxygen atoms in total. The van der Waals surface area contributed by atoms with Crippen LogP contribution in [-0.4, -0.2) is 49.2 Å². The summed E-state index contributed by atoms with van der Waals surface area (Å²) in [6.07, 6.45) is 2.67. The van der Waals surface area contributed by atoms with E-state index in [1.54, 1.807) is 0 Å². The second kappa shape index (κ2) is 6.25. The van der Waals surface area contributed by atoms with Crippen LogP contribution in [0.4, 0.5) is 4.39 Å². The van der Waals surface area contributed by atoms with E-state index in [0.29, 0.717) is 11.4 Å². The number of methoxy groups -OCH3 is 1. The number of hydrogen-bond donors (Lipinski definition) is 1. The molecule has 0 aromatic heterocycles. The van der Waals surface area contributed by atoms with Crippen molar-refractivity contribution in [1.82, 2.24) is 4.90 Å². The molecule has 0 saturated carbocycles. The largest absolute Gasteiger partial charge is 0.502 e. The zero-order valence-electron chi connectivity index (χ0n) is 12.2. The number of oxime groups is 1. The minimum absolute atomic E-state index is 0.0317. The molecule has 1 aromatic rings. The van der Waals surface area contributed by atoms with Crippen molar-refractivity contribution in [3.8, 4) is 11.5 Å². The van der Waals surface area contributed by atoms with E-state index in [-0.39, 0.29) is 17.4 Å². The van der Waals surface area contributed by atoms with Gasteiger partial charge in [-0.1, -0.05) is 5.16 Å². The number of phenolic OH excluding ortho intramolecular Hbond substituents is 1. The van der Waals surface area contributed by atoms with E-state index in [1.165, 1.54) is 44.5 Å². The summed E-state index contributed by atoms with van der Waals surface area (Å²) in [6, 6.07) is 2.48. The van der Waals surface area contributed by atoms with Gasteiger partial charge in [0.15, 0.2) is 23.2 Å². The molecule has 1 aliphatic rings. The molecule has 22 heavy (non-hydrogen) atoms. The number of benzene rings is 1. The topological polar surface area (TPSA) is 83.7 Å². The fourth-order valence-corrected chi connectivity index (χ4v) is 1.82. The Morgan fingerprint density at radius 2 is 2.14 bits per heavy atom. The molecule has 1 aliphatic heterocycles. The Morgan fingerprint density at radius 1 is 1.41 bits per heavy atom. The number of carbonyl (C=O) groups is 1. The molecule has 1 amide bonds. The second-order valence-corrected chi connectivity index (χ2v) is 4.33. The maximum Gasteiger partial charge on any atom is 0.277 e. The van der Waals surface area contributed by atoms with Crippen LogP contribution in [0.3, 0.4) is 0 Å². The molecule has 0 bridgehead atoms. The van der Waals surface area contributed by atoms with Gasteiger partial charge < -0.3 is 14.7 Å². The highest BCUT2D eigenvalue weighted by molar-refractivity contribution is 6.37. The summed E-state index contributed by atoms with van der Waals surface area (Å²) in [5.74, 6) is -1.55. The fraction of sp³-hybridized carbons (Fsp3) is 0.214. The van der Waals surface area contributed by atoms with Gasteiger partial charge in [0.05, 0.1) is 7.11 Å². The zero-order chi connectivity index (χ0) is 16.3. The Hall–Kier alpha value is -2.90. The van der Waals surface area contributed by atoms with Gasteiger partial charge >= 0.3 is 0 Å². The number of amidine groups is 1. The number of nitrogens with zero attached hydrogens (tertiary/aromatic N) is 3. The molecule has 0 aliphatic carbocycles. The molecule has 0 spiro atoms. The lowest BCUT2D eigenvalue weighted by Crippen LogP contribution is -2.28. The van der Waals surface area contributed by atoms with Crippen LogP contribution in [0, 0.1) is 5.82 Å². The molecule has 0 saturated heterocycles. The summed E-state index contributed by atoms with van der Waals surface area (Å²) in [5, 5.41) is 13.0. The lowest BCUT2D eigenvalue weighted by atomic mass is 10.1. The van der Waals surface area contributed by atoms with Gasteiger partial charge in [-0.05, 0) is 23.8 Å². The molecule has 0 atom stereocenters. The number of likely N-dealkylation sites (N-methyl/N-ethyl adjacent to an activating group) is 1. The zero-order valence-corrected chi connectivity index (χ0v) is 12.2. The molecule has 0 unspecified atom stereocenters. The highest BCUT2D eigenvalue weighted by Gasteiger charge is 2.26. The van der Waals surface area contributed by atoms with Gasteiger partial charge in [0.2, 0.25) is 0 Å². The standard InChI is InChI=1S/C14H14FN3O4/c1-18-12(7-16-22-3)17-10(14(18)20)5-8-4-9(15)13(19)11(6-8)21-2/h4-7,19H,1-3H3/b10-5-,16-7+. The van der Waals surface area contributed by atoms with Crippen LogP contribution >= 0.6 is 0 Å². The molecule has 1 aromatic carbocycles. The third-order valence-electron chi connectivity index (χ3n) is 2.95. The number of halogens is 1. The minimum atomic E-state index is -0.852. The van der Waals surface area contributed by atoms with Crippen molar-refractivity contribution >= 4 is 24.0 Å². The number of aromatic hydroxyl groups is 1. The predicted molar refractivity (Wildman–Crippen MR) is 78.3 cm³/mol. The summed E-state index contributed by atoms with van der Waals surface area (Å²) >= 11 is 0. The molecular formula is C14H14FN3O4. The van der Waals surface area contributed by atoms with Crippen LogP contribution in [0.2, 0.25) is 0 Å². The van der Waals surface area contributed by atoms with Gasteiger partial charge in [0.1, 0.15) is 19.0 Å². The quantitative estimate of drug-likeness (QED) is 0.517. The van der Waals surface area contributed by atoms with E-state index in [2.05, 4.69) is 15.0 Å². The van der Waals surface area contributed by atoms with E-state index in [9.17, 15) is 14.3 Å². The molecule has 116 valence electrons. The van der Waals surface area contributed by atoms with Gasteiger partial charge in [-0.3, -0.25) is 9.69 Å². The molecule has 1 heterocycles. The summed E-state index contributed by atoms with van der Waals surface area (Å²) in [6.45, 7) is 0. The number of phenols is 1. The van der Waals surface area contributed by atoms with Crippen molar-refractivity contribution in [3.05, 3.63) is 29.2 Å². The number of amides is 1.